The van der Waals surface area contributed by atoms with Crippen LogP contribution in [0.5, 0.6) is 0 Å². The van der Waals surface area contributed by atoms with E-state index in [-0.39, 0.29) is 0 Å². The fourth-order valence-corrected chi connectivity index (χ4v) is 5.19. The lowest BCUT2D eigenvalue weighted by Gasteiger charge is -2.24. The van der Waals surface area contributed by atoms with Gasteiger partial charge < -0.3 is 30.5 Å². The topological polar surface area (TPSA) is 33.9 Å². The monoisotopic (exact) mass is 402 g/mol. The van der Waals surface area contributed by atoms with Gasteiger partial charge in [0.1, 0.15) is 13.1 Å². The van der Waals surface area contributed by atoms with Gasteiger partial charge in [0, 0.05) is 27.4 Å². The Labute approximate surface area is 154 Å². The molecular formula is C15H31BF4N2O3Si. The van der Waals surface area contributed by atoms with Crippen molar-refractivity contribution in [2.75, 3.05) is 41.0 Å². The van der Waals surface area contributed by atoms with E-state index in [1.807, 2.05) is 0 Å². The van der Waals surface area contributed by atoms with Gasteiger partial charge in [0.15, 0.2) is 0 Å². The third kappa shape index (κ3) is 8.83. The number of rotatable bonds is 8. The van der Waals surface area contributed by atoms with Crippen LogP contribution in [-0.4, -0.2) is 78.9 Å². The summed E-state index contributed by atoms with van der Waals surface area (Å²) in [6, 6.07) is 1.67. The molecule has 0 aromatic heterocycles. The van der Waals surface area contributed by atoms with Gasteiger partial charge >= 0.3 is 16.1 Å². The first-order chi connectivity index (χ1) is 12.2. The van der Waals surface area contributed by atoms with E-state index in [4.69, 9.17) is 13.3 Å². The molecule has 11 heteroatoms. The van der Waals surface area contributed by atoms with Crippen molar-refractivity contribution in [1.29, 1.82) is 0 Å². The Hall–Kier alpha value is -0.648. The zero-order valence-corrected chi connectivity index (χ0v) is 16.9. The molecule has 1 aliphatic carbocycles. The summed E-state index contributed by atoms with van der Waals surface area (Å²) < 4.78 is 57.9. The van der Waals surface area contributed by atoms with Gasteiger partial charge in [-0.05, 0) is 32.1 Å². The molecule has 0 N–H and O–H groups in total. The zero-order chi connectivity index (χ0) is 19.6. The van der Waals surface area contributed by atoms with Crippen molar-refractivity contribution in [3.63, 3.8) is 0 Å². The predicted molar refractivity (Wildman–Crippen MR) is 96.0 cm³/mol. The summed E-state index contributed by atoms with van der Waals surface area (Å²) in [5, 5.41) is 0. The minimum atomic E-state index is -6.00. The molecule has 154 valence electrons. The molecule has 0 radical (unpaired) electrons. The summed E-state index contributed by atoms with van der Waals surface area (Å²) in [5.74, 6) is 0. The minimum absolute atomic E-state index is 0.786. The maximum Gasteiger partial charge on any atom is 0.673 e. The first-order valence-electron chi connectivity index (χ1n) is 9.10. The molecule has 0 aromatic rings. The Bertz CT molecular complexity index is 419. The molecule has 1 aliphatic heterocycles. The molecule has 0 aromatic carbocycles. The van der Waals surface area contributed by atoms with E-state index in [0.717, 1.165) is 31.6 Å². The van der Waals surface area contributed by atoms with Gasteiger partial charge in [0.25, 0.3) is 0 Å². The molecule has 0 saturated heterocycles. The largest absolute Gasteiger partial charge is 0.673 e. The second-order valence-electron chi connectivity index (χ2n) is 6.57. The van der Waals surface area contributed by atoms with Crippen LogP contribution in [0.15, 0.2) is 0 Å². The summed E-state index contributed by atoms with van der Waals surface area (Å²) in [6.07, 6.45) is 10.4. The lowest BCUT2D eigenvalue weighted by Crippen LogP contribution is -2.43. The lowest BCUT2D eigenvalue weighted by molar-refractivity contribution is -0.513. The molecule has 0 spiro atoms. The van der Waals surface area contributed by atoms with E-state index in [1.165, 1.54) is 38.6 Å². The van der Waals surface area contributed by atoms with Crippen LogP contribution in [0.3, 0.4) is 0 Å². The van der Waals surface area contributed by atoms with Gasteiger partial charge in [0.05, 0.1) is 12.6 Å². The van der Waals surface area contributed by atoms with E-state index in [1.54, 1.807) is 21.3 Å². The molecule has 0 atom stereocenters. The van der Waals surface area contributed by atoms with Crippen LogP contribution in [0, 0.1) is 0 Å². The highest BCUT2D eigenvalue weighted by Crippen LogP contribution is 2.22. The minimum Gasteiger partial charge on any atom is -0.418 e. The standard InChI is InChI=1S/C15H31N2O3Si.BF4/c1-18-21(19-2,20-3)13-7-10-16-11-12-17(14-16)15-8-5-4-6-9-15;2-1(3,4)5/h14-15H,4-13H2,1-3H3;/q+1;-1. The van der Waals surface area contributed by atoms with Crippen molar-refractivity contribution in [3.8, 4) is 0 Å². The predicted octanol–water partition coefficient (Wildman–Crippen LogP) is 3.24. The van der Waals surface area contributed by atoms with Gasteiger partial charge in [-0.25, -0.2) is 0 Å². The number of halogens is 4. The van der Waals surface area contributed by atoms with Crippen molar-refractivity contribution < 1.29 is 35.1 Å². The smallest absolute Gasteiger partial charge is 0.418 e. The van der Waals surface area contributed by atoms with Gasteiger partial charge in [0.2, 0.25) is 6.34 Å². The van der Waals surface area contributed by atoms with Gasteiger partial charge in [-0.2, -0.15) is 0 Å². The Morgan fingerprint density at radius 3 is 2.08 bits per heavy atom. The van der Waals surface area contributed by atoms with Crippen LogP contribution >= 0.6 is 0 Å². The van der Waals surface area contributed by atoms with Crippen LogP contribution in [0.4, 0.5) is 17.3 Å². The molecule has 26 heavy (non-hydrogen) atoms. The molecule has 1 fully saturated rings. The third-order valence-electron chi connectivity index (χ3n) is 4.86. The molecule has 0 amide bonds. The Morgan fingerprint density at radius 2 is 1.58 bits per heavy atom. The number of nitrogens with zero attached hydrogens (tertiary/aromatic N) is 2. The second kappa shape index (κ2) is 11.3. The average Bonchev–Trinajstić information content (AvgIpc) is 3.07. The summed E-state index contributed by atoms with van der Waals surface area (Å²) in [5.41, 5.74) is 0. The highest BCUT2D eigenvalue weighted by Gasteiger charge is 2.37. The fraction of sp³-hybridized carbons (Fsp3) is 0.933. The quantitative estimate of drug-likeness (QED) is 0.355. The van der Waals surface area contributed by atoms with E-state index < -0.39 is 16.1 Å². The molecule has 2 rings (SSSR count). The van der Waals surface area contributed by atoms with Crippen LogP contribution in [0.25, 0.3) is 0 Å². The maximum atomic E-state index is 9.75. The van der Waals surface area contributed by atoms with E-state index in [0.29, 0.717) is 0 Å². The van der Waals surface area contributed by atoms with Gasteiger partial charge in [-0.1, -0.05) is 6.42 Å². The van der Waals surface area contributed by atoms with E-state index in [2.05, 4.69) is 15.8 Å². The third-order valence-corrected chi connectivity index (χ3v) is 7.69. The Morgan fingerprint density at radius 1 is 1.04 bits per heavy atom. The fourth-order valence-electron chi connectivity index (χ4n) is 3.48. The number of hydrogen-bond donors (Lipinski definition) is 0. The highest BCUT2D eigenvalue weighted by atomic mass is 28.4. The molecule has 2 aliphatic rings. The summed E-state index contributed by atoms with van der Waals surface area (Å²) in [6.45, 7) is 3.40. The zero-order valence-electron chi connectivity index (χ0n) is 15.9. The highest BCUT2D eigenvalue weighted by molar-refractivity contribution is 6.60. The first-order valence-corrected chi connectivity index (χ1v) is 11.0. The Balaban J connectivity index is 0.000000597. The molecule has 5 nitrogen and oxygen atoms in total. The van der Waals surface area contributed by atoms with E-state index in [9.17, 15) is 17.3 Å². The summed E-state index contributed by atoms with van der Waals surface area (Å²) >= 11 is 0. The molecule has 1 heterocycles. The SMILES string of the molecule is CO[Si](CCC[N+]1=CN(C2CCCCC2)CC1)(OC)OC.F[B-](F)(F)F. The normalized spacial score (nSPS) is 19.2. The summed E-state index contributed by atoms with van der Waals surface area (Å²) in [4.78, 5) is 2.56. The van der Waals surface area contributed by atoms with Crippen molar-refractivity contribution in [3.05, 3.63) is 0 Å². The maximum absolute atomic E-state index is 9.75. The van der Waals surface area contributed by atoms with Crippen LogP contribution in [0.2, 0.25) is 6.04 Å². The van der Waals surface area contributed by atoms with Crippen LogP contribution in [0.1, 0.15) is 38.5 Å². The first kappa shape index (κ1) is 23.4. The van der Waals surface area contributed by atoms with Crippen molar-refractivity contribution in [2.24, 2.45) is 0 Å². The van der Waals surface area contributed by atoms with E-state index >= 15 is 0 Å². The molecule has 0 unspecified atom stereocenters. The van der Waals surface area contributed by atoms with Crippen LogP contribution < -0.4 is 0 Å². The second-order valence-corrected chi connectivity index (χ2v) is 9.67. The summed E-state index contributed by atoms with van der Waals surface area (Å²) in [7, 11) is -3.33. The molecule has 0 bridgehead atoms. The van der Waals surface area contributed by atoms with Gasteiger partial charge in [-0.3, -0.25) is 9.48 Å². The van der Waals surface area contributed by atoms with Gasteiger partial charge in [-0.15, -0.1) is 0 Å². The van der Waals surface area contributed by atoms with Crippen LogP contribution in [-0.2, 0) is 13.3 Å². The average molecular weight is 402 g/mol. The lowest BCUT2D eigenvalue weighted by atomic mass is 9.95. The van der Waals surface area contributed by atoms with Crippen molar-refractivity contribution in [2.45, 2.75) is 50.6 Å². The molecule has 1 saturated carbocycles. The Kier molecular flexibility index (Phi) is 10.1. The number of hydrogen-bond acceptors (Lipinski definition) is 4. The van der Waals surface area contributed by atoms with Crippen molar-refractivity contribution in [1.82, 2.24) is 4.90 Å². The molecular weight excluding hydrogens is 371 g/mol. The van der Waals surface area contributed by atoms with Crippen molar-refractivity contribution >= 4 is 22.4 Å².